The number of halogens is 3. The number of amides is 1. The molecule has 0 bridgehead atoms. The lowest BCUT2D eigenvalue weighted by atomic mass is 10.1. The van der Waals surface area contributed by atoms with Gasteiger partial charge in [0.1, 0.15) is 23.1 Å². The van der Waals surface area contributed by atoms with Crippen molar-refractivity contribution in [2.24, 2.45) is 0 Å². The molecule has 1 atom stereocenters. The molecule has 1 N–H and O–H groups in total. The summed E-state index contributed by atoms with van der Waals surface area (Å²) in [5.74, 6) is -0.787. The van der Waals surface area contributed by atoms with Crippen LogP contribution >= 0.6 is 34.8 Å². The zero-order valence-corrected chi connectivity index (χ0v) is 17.7. The Morgan fingerprint density at radius 3 is 2.33 bits per heavy atom. The second-order valence-corrected chi connectivity index (χ2v) is 8.17. The fraction of sp³-hybridized carbons (Fsp3) is 0.529. The number of carbonyl (C=O) groups is 2. The van der Waals surface area contributed by atoms with Crippen LogP contribution in [0.5, 0.6) is 5.75 Å². The maximum Gasteiger partial charge on any atom is 0.411 e. The third kappa shape index (κ3) is 4.83. The number of methoxy groups -OCH3 is 1. The number of nitrogens with zero attached hydrogens (tertiary/aromatic N) is 2. The predicted molar refractivity (Wildman–Crippen MR) is 105 cm³/mol. The van der Waals surface area contributed by atoms with Gasteiger partial charge in [-0.3, -0.25) is 4.90 Å². The Balaban J connectivity index is 2.34. The van der Waals surface area contributed by atoms with Crippen LogP contribution in [0.3, 0.4) is 0 Å². The van der Waals surface area contributed by atoms with E-state index in [4.69, 9.17) is 44.3 Å². The van der Waals surface area contributed by atoms with E-state index >= 15 is 0 Å². The van der Waals surface area contributed by atoms with E-state index in [1.807, 2.05) is 0 Å². The van der Waals surface area contributed by atoms with Crippen LogP contribution in [0.1, 0.15) is 20.8 Å². The molecule has 27 heavy (non-hydrogen) atoms. The number of carbonyl (C=O) groups excluding carboxylic acids is 1. The average Bonchev–Trinajstić information content (AvgIpc) is 2.57. The van der Waals surface area contributed by atoms with Gasteiger partial charge in [0.05, 0.1) is 22.2 Å². The number of ether oxygens (including phenoxy) is 2. The van der Waals surface area contributed by atoms with Gasteiger partial charge in [-0.15, -0.1) is 0 Å². The van der Waals surface area contributed by atoms with Gasteiger partial charge < -0.3 is 19.5 Å². The number of rotatable bonds is 3. The molecule has 1 aromatic rings. The first-order valence-corrected chi connectivity index (χ1v) is 9.28. The third-order valence-corrected chi connectivity index (χ3v) is 5.18. The topological polar surface area (TPSA) is 79.3 Å². The summed E-state index contributed by atoms with van der Waals surface area (Å²) in [5, 5.41) is 10.2. The summed E-state index contributed by atoms with van der Waals surface area (Å²) in [6.45, 7) is 5.59. The molecule has 0 saturated carbocycles. The number of carboxylic acids is 1. The fourth-order valence-corrected chi connectivity index (χ4v) is 3.45. The van der Waals surface area contributed by atoms with Gasteiger partial charge in [-0.1, -0.05) is 34.8 Å². The van der Waals surface area contributed by atoms with Crippen LogP contribution in [-0.2, 0) is 9.53 Å². The Morgan fingerprint density at radius 2 is 1.81 bits per heavy atom. The molecule has 10 heteroatoms. The first-order chi connectivity index (χ1) is 12.5. The highest BCUT2D eigenvalue weighted by molar-refractivity contribution is 6.49. The van der Waals surface area contributed by atoms with E-state index in [9.17, 15) is 14.7 Å². The molecule has 1 fully saturated rings. The summed E-state index contributed by atoms with van der Waals surface area (Å²) < 4.78 is 10.6. The fourth-order valence-electron chi connectivity index (χ4n) is 2.75. The minimum atomic E-state index is -1.15. The van der Waals surface area contributed by atoms with Gasteiger partial charge in [-0.25, -0.2) is 9.59 Å². The zero-order chi connectivity index (χ0) is 20.5. The van der Waals surface area contributed by atoms with Crippen molar-refractivity contribution in [3.05, 3.63) is 21.1 Å². The molecule has 0 aromatic heterocycles. The number of anilines is 1. The van der Waals surface area contributed by atoms with Crippen molar-refractivity contribution in [2.75, 3.05) is 31.6 Å². The van der Waals surface area contributed by atoms with Crippen molar-refractivity contribution in [1.82, 2.24) is 4.90 Å². The average molecular weight is 440 g/mol. The minimum Gasteiger partial charge on any atom is -0.494 e. The van der Waals surface area contributed by atoms with Gasteiger partial charge in [0.2, 0.25) is 0 Å². The SMILES string of the molecule is COc1cc(Cl)c(Cl)c(Cl)c1N1CCN(C(=O)OC(C)(C)C)[C@@H](C(=O)O)C1. The number of piperazine rings is 1. The zero-order valence-electron chi connectivity index (χ0n) is 15.4. The molecule has 2 rings (SSSR count). The predicted octanol–water partition coefficient (Wildman–Crippen LogP) is 4.17. The summed E-state index contributed by atoms with van der Waals surface area (Å²) in [7, 11) is 1.45. The minimum absolute atomic E-state index is 0.0113. The Kier molecular flexibility index (Phi) is 6.60. The van der Waals surface area contributed by atoms with Crippen molar-refractivity contribution in [2.45, 2.75) is 32.4 Å². The molecule has 1 amide bonds. The highest BCUT2D eigenvalue weighted by atomic mass is 35.5. The molecule has 1 aromatic carbocycles. The Labute approximate surface area is 172 Å². The smallest absolute Gasteiger partial charge is 0.411 e. The third-order valence-electron chi connectivity index (χ3n) is 3.93. The molecule has 1 saturated heterocycles. The van der Waals surface area contributed by atoms with Crippen LogP contribution in [0, 0.1) is 0 Å². The van der Waals surface area contributed by atoms with Gasteiger partial charge in [0, 0.05) is 25.7 Å². The van der Waals surface area contributed by atoms with Gasteiger partial charge in [-0.05, 0) is 20.8 Å². The van der Waals surface area contributed by atoms with E-state index in [0.29, 0.717) is 18.0 Å². The lowest BCUT2D eigenvalue weighted by molar-refractivity contribution is -0.143. The highest BCUT2D eigenvalue weighted by Crippen LogP contribution is 2.45. The molecule has 0 unspecified atom stereocenters. The normalized spacial score (nSPS) is 17.7. The molecule has 0 radical (unpaired) electrons. The monoisotopic (exact) mass is 438 g/mol. The summed E-state index contributed by atoms with van der Waals surface area (Å²) in [4.78, 5) is 27.1. The van der Waals surface area contributed by atoms with E-state index in [-0.39, 0.29) is 28.2 Å². The van der Waals surface area contributed by atoms with Crippen LogP contribution in [0.15, 0.2) is 6.07 Å². The maximum absolute atomic E-state index is 12.4. The van der Waals surface area contributed by atoms with Crippen LogP contribution in [0.25, 0.3) is 0 Å². The van der Waals surface area contributed by atoms with Gasteiger partial charge in [0.25, 0.3) is 0 Å². The molecule has 0 spiro atoms. The number of aliphatic carboxylic acids is 1. The molecule has 1 heterocycles. The van der Waals surface area contributed by atoms with Crippen LogP contribution in [0.2, 0.25) is 15.1 Å². The molecular weight excluding hydrogens is 419 g/mol. The van der Waals surface area contributed by atoms with E-state index in [1.165, 1.54) is 18.1 Å². The maximum atomic E-state index is 12.4. The van der Waals surface area contributed by atoms with Crippen LogP contribution in [-0.4, -0.2) is 60.5 Å². The molecule has 0 aliphatic carbocycles. The lowest BCUT2D eigenvalue weighted by Crippen LogP contribution is -2.59. The largest absolute Gasteiger partial charge is 0.494 e. The van der Waals surface area contributed by atoms with Crippen LogP contribution < -0.4 is 9.64 Å². The van der Waals surface area contributed by atoms with Gasteiger partial charge >= 0.3 is 12.1 Å². The first-order valence-electron chi connectivity index (χ1n) is 8.15. The Bertz CT molecular complexity index is 751. The number of hydrogen-bond donors (Lipinski definition) is 1. The quantitative estimate of drug-likeness (QED) is 0.712. The molecule has 7 nitrogen and oxygen atoms in total. The van der Waals surface area contributed by atoms with E-state index in [2.05, 4.69) is 0 Å². The van der Waals surface area contributed by atoms with Gasteiger partial charge in [-0.2, -0.15) is 0 Å². The summed E-state index contributed by atoms with van der Waals surface area (Å²) in [6, 6.07) is 0.394. The second kappa shape index (κ2) is 8.20. The molecule has 1 aliphatic rings. The van der Waals surface area contributed by atoms with Crippen molar-refractivity contribution in [3.8, 4) is 5.75 Å². The molecular formula is C17H21Cl3N2O5. The first kappa shape index (κ1) is 21.7. The van der Waals surface area contributed by atoms with Crippen LogP contribution in [0.4, 0.5) is 10.5 Å². The van der Waals surface area contributed by atoms with Gasteiger partial charge in [0.15, 0.2) is 0 Å². The second-order valence-electron chi connectivity index (χ2n) is 7.01. The van der Waals surface area contributed by atoms with E-state index in [0.717, 1.165) is 0 Å². The lowest BCUT2D eigenvalue weighted by Gasteiger charge is -2.41. The molecule has 150 valence electrons. The highest BCUT2D eigenvalue weighted by Gasteiger charge is 2.39. The van der Waals surface area contributed by atoms with Crippen molar-refractivity contribution >= 4 is 52.6 Å². The number of benzene rings is 1. The van der Waals surface area contributed by atoms with E-state index in [1.54, 1.807) is 25.7 Å². The Morgan fingerprint density at radius 1 is 1.19 bits per heavy atom. The summed E-state index contributed by atoms with van der Waals surface area (Å²) in [6.07, 6.45) is -0.679. The number of hydrogen-bond acceptors (Lipinski definition) is 5. The standard InChI is InChI=1S/C17H21Cl3N2O5/c1-17(2,3)27-16(25)22-6-5-21(8-10(22)15(23)24)14-11(26-4)7-9(18)12(19)13(14)20/h7,10H,5-6,8H2,1-4H3,(H,23,24)/t10-/m1/s1. The van der Waals surface area contributed by atoms with Crippen molar-refractivity contribution in [3.63, 3.8) is 0 Å². The van der Waals surface area contributed by atoms with Crippen molar-refractivity contribution < 1.29 is 24.2 Å². The Hall–Kier alpha value is -1.57. The summed E-state index contributed by atoms with van der Waals surface area (Å²) >= 11 is 18.5. The summed E-state index contributed by atoms with van der Waals surface area (Å²) in [5.41, 5.74) is -0.295. The van der Waals surface area contributed by atoms with E-state index < -0.39 is 23.7 Å². The number of carboxylic acid groups (broad SMARTS) is 1. The molecule has 1 aliphatic heterocycles. The van der Waals surface area contributed by atoms with Crippen molar-refractivity contribution in [1.29, 1.82) is 0 Å².